The maximum atomic E-state index is 12.4. The van der Waals surface area contributed by atoms with Gasteiger partial charge < -0.3 is 19.5 Å². The van der Waals surface area contributed by atoms with Crippen molar-refractivity contribution in [1.82, 2.24) is 9.88 Å². The maximum absolute atomic E-state index is 12.4. The van der Waals surface area contributed by atoms with Crippen LogP contribution in [0.1, 0.15) is 38.6 Å². The molecule has 138 valence electrons. The van der Waals surface area contributed by atoms with Crippen molar-refractivity contribution >= 4 is 39.3 Å². The zero-order valence-corrected chi connectivity index (χ0v) is 16.7. The van der Waals surface area contributed by atoms with Gasteiger partial charge >= 0.3 is 12.1 Å². The number of hydrogen-bond acceptors (Lipinski definition) is 6. The number of aromatic nitrogens is 1. The first-order valence-corrected chi connectivity index (χ1v) is 9.75. The standard InChI is InChI=1S/C16H21BrN2O5S/c1-15(2,3)24-14(22)19-6-9-4-10(19)5-16(9,23-7-12(20)21)13-18-11(17)8-25-13/h8-10H,4-7H2,1-3H3,(H,20,21). The van der Waals surface area contributed by atoms with Crippen molar-refractivity contribution in [2.24, 2.45) is 5.92 Å². The molecule has 2 heterocycles. The Morgan fingerprint density at radius 2 is 2.24 bits per heavy atom. The van der Waals surface area contributed by atoms with Crippen molar-refractivity contribution in [2.45, 2.75) is 50.9 Å². The second-order valence-electron chi connectivity index (χ2n) is 7.47. The van der Waals surface area contributed by atoms with Gasteiger partial charge in [0.15, 0.2) is 0 Å². The monoisotopic (exact) mass is 432 g/mol. The van der Waals surface area contributed by atoms with Crippen molar-refractivity contribution in [1.29, 1.82) is 0 Å². The number of likely N-dealkylation sites (tertiary alicyclic amines) is 1. The average molecular weight is 433 g/mol. The quantitative estimate of drug-likeness (QED) is 0.785. The van der Waals surface area contributed by atoms with Crippen LogP contribution in [0.25, 0.3) is 0 Å². The first kappa shape index (κ1) is 18.6. The van der Waals surface area contributed by atoms with E-state index in [-0.39, 0.29) is 24.7 Å². The molecule has 1 aliphatic carbocycles. The molecule has 9 heteroatoms. The Labute approximate surface area is 158 Å². The van der Waals surface area contributed by atoms with Gasteiger partial charge in [0, 0.05) is 30.3 Å². The number of carbonyl (C=O) groups excluding carboxylic acids is 1. The van der Waals surface area contributed by atoms with Crippen molar-refractivity contribution in [2.75, 3.05) is 13.2 Å². The van der Waals surface area contributed by atoms with E-state index in [4.69, 9.17) is 14.6 Å². The lowest BCUT2D eigenvalue weighted by Crippen LogP contribution is -2.49. The van der Waals surface area contributed by atoms with Gasteiger partial charge in [0.2, 0.25) is 0 Å². The van der Waals surface area contributed by atoms with Gasteiger partial charge in [0.1, 0.15) is 27.4 Å². The summed E-state index contributed by atoms with van der Waals surface area (Å²) in [6.45, 7) is 5.62. The summed E-state index contributed by atoms with van der Waals surface area (Å²) in [7, 11) is 0. The van der Waals surface area contributed by atoms with E-state index < -0.39 is 17.2 Å². The molecule has 1 N–H and O–H groups in total. The molecule has 0 spiro atoms. The first-order valence-electron chi connectivity index (χ1n) is 8.07. The van der Waals surface area contributed by atoms with Crippen LogP contribution in [-0.4, -0.2) is 51.8 Å². The zero-order valence-electron chi connectivity index (χ0n) is 14.3. The highest BCUT2D eigenvalue weighted by molar-refractivity contribution is 9.10. The Balaban J connectivity index is 1.80. The fourth-order valence-corrected chi connectivity index (χ4v) is 5.14. The van der Waals surface area contributed by atoms with Crippen LogP contribution in [0.3, 0.4) is 0 Å². The number of nitrogens with zero attached hydrogens (tertiary/aromatic N) is 2. The fraction of sp³-hybridized carbons (Fsp3) is 0.688. The summed E-state index contributed by atoms with van der Waals surface area (Å²) in [6, 6.07) is -0.0312. The molecule has 7 nitrogen and oxygen atoms in total. The summed E-state index contributed by atoms with van der Waals surface area (Å²) in [4.78, 5) is 29.7. The molecule has 1 amide bonds. The van der Waals surface area contributed by atoms with E-state index in [1.165, 1.54) is 11.3 Å². The molecule has 3 rings (SSSR count). The number of fused-ring (bicyclic) bond motifs is 2. The van der Waals surface area contributed by atoms with Gasteiger partial charge in [-0.1, -0.05) is 0 Å². The summed E-state index contributed by atoms with van der Waals surface area (Å²) >= 11 is 4.79. The number of rotatable bonds is 4. The smallest absolute Gasteiger partial charge is 0.410 e. The van der Waals surface area contributed by atoms with Crippen molar-refractivity contribution < 1.29 is 24.2 Å². The minimum absolute atomic E-state index is 0.00224. The molecule has 2 bridgehead atoms. The molecule has 0 aromatic carbocycles. The number of ether oxygens (including phenoxy) is 2. The van der Waals surface area contributed by atoms with Gasteiger partial charge in [-0.05, 0) is 43.1 Å². The minimum Gasteiger partial charge on any atom is -0.480 e. The van der Waals surface area contributed by atoms with Gasteiger partial charge in [-0.15, -0.1) is 11.3 Å². The normalized spacial score (nSPS) is 28.4. The number of amides is 1. The van der Waals surface area contributed by atoms with Gasteiger partial charge in [0.05, 0.1) is 0 Å². The summed E-state index contributed by atoms with van der Waals surface area (Å²) in [6.07, 6.45) is 0.965. The van der Waals surface area contributed by atoms with Crippen LogP contribution in [0.15, 0.2) is 9.98 Å². The topological polar surface area (TPSA) is 89.0 Å². The Morgan fingerprint density at radius 3 is 2.72 bits per heavy atom. The largest absolute Gasteiger partial charge is 0.480 e. The number of carboxylic acids is 1. The van der Waals surface area contributed by atoms with Crippen LogP contribution in [0.4, 0.5) is 4.79 Å². The van der Waals surface area contributed by atoms with Crippen molar-refractivity contribution in [3.8, 4) is 0 Å². The summed E-state index contributed by atoms with van der Waals surface area (Å²) in [5, 5.41) is 11.7. The highest BCUT2D eigenvalue weighted by atomic mass is 79.9. The Kier molecular flexibility index (Phi) is 4.85. The molecule has 1 aliphatic heterocycles. The second-order valence-corrected chi connectivity index (χ2v) is 9.14. The van der Waals surface area contributed by atoms with Gasteiger partial charge in [-0.25, -0.2) is 14.6 Å². The molecular formula is C16H21BrN2O5S. The number of carboxylic acid groups (broad SMARTS) is 1. The van der Waals surface area contributed by atoms with Crippen molar-refractivity contribution in [3.05, 3.63) is 15.0 Å². The van der Waals surface area contributed by atoms with E-state index in [0.29, 0.717) is 17.6 Å². The van der Waals surface area contributed by atoms with E-state index in [9.17, 15) is 9.59 Å². The lowest BCUT2D eigenvalue weighted by atomic mass is 9.89. The third-order valence-corrected chi connectivity index (χ3v) is 6.24. The number of halogens is 1. The van der Waals surface area contributed by atoms with E-state index in [1.54, 1.807) is 4.90 Å². The predicted octanol–water partition coefficient (Wildman–Crippen LogP) is 3.23. The van der Waals surface area contributed by atoms with Crippen LogP contribution >= 0.6 is 27.3 Å². The minimum atomic E-state index is -1.01. The predicted molar refractivity (Wildman–Crippen MR) is 94.5 cm³/mol. The number of thiazole rings is 1. The lowest BCUT2D eigenvalue weighted by molar-refractivity contribution is -0.157. The second kappa shape index (κ2) is 6.51. The Bertz CT molecular complexity index is 688. The van der Waals surface area contributed by atoms with E-state index >= 15 is 0 Å². The molecular weight excluding hydrogens is 412 g/mol. The van der Waals surface area contributed by atoms with Gasteiger partial charge in [-0.2, -0.15) is 0 Å². The van der Waals surface area contributed by atoms with E-state index in [2.05, 4.69) is 20.9 Å². The van der Waals surface area contributed by atoms with Gasteiger partial charge in [-0.3, -0.25) is 0 Å². The van der Waals surface area contributed by atoms with Gasteiger partial charge in [0.25, 0.3) is 0 Å². The lowest BCUT2D eigenvalue weighted by Gasteiger charge is -2.39. The molecule has 3 atom stereocenters. The van der Waals surface area contributed by atoms with Crippen LogP contribution in [0.2, 0.25) is 0 Å². The molecule has 1 saturated carbocycles. The fourth-order valence-electron chi connectivity index (χ4n) is 3.65. The third kappa shape index (κ3) is 3.68. The zero-order chi connectivity index (χ0) is 18.4. The first-order chi connectivity index (χ1) is 11.6. The molecule has 1 aromatic rings. The van der Waals surface area contributed by atoms with E-state index in [0.717, 1.165) is 11.4 Å². The maximum Gasteiger partial charge on any atom is 0.410 e. The SMILES string of the molecule is CC(C)(C)OC(=O)N1CC2CC1CC2(OCC(=O)O)c1nc(Br)cs1. The molecule has 3 unspecified atom stereocenters. The Morgan fingerprint density at radius 1 is 1.52 bits per heavy atom. The van der Waals surface area contributed by atoms with Crippen LogP contribution < -0.4 is 0 Å². The number of hydrogen-bond donors (Lipinski definition) is 1. The number of piperidine rings is 1. The number of carbonyl (C=O) groups is 2. The average Bonchev–Trinajstić information content (AvgIpc) is 3.17. The molecule has 1 aromatic heterocycles. The Hall–Kier alpha value is -1.19. The highest BCUT2D eigenvalue weighted by Gasteiger charge is 2.59. The van der Waals surface area contributed by atoms with Crippen LogP contribution in [0, 0.1) is 5.92 Å². The molecule has 2 fully saturated rings. The van der Waals surface area contributed by atoms with Crippen molar-refractivity contribution in [3.63, 3.8) is 0 Å². The van der Waals surface area contributed by atoms with Crippen LogP contribution in [-0.2, 0) is 19.9 Å². The van der Waals surface area contributed by atoms with E-state index in [1.807, 2.05) is 26.2 Å². The molecule has 0 radical (unpaired) electrons. The molecule has 2 aliphatic rings. The summed E-state index contributed by atoms with van der Waals surface area (Å²) in [5.41, 5.74) is -1.30. The van der Waals surface area contributed by atoms with Crippen LogP contribution in [0.5, 0.6) is 0 Å². The molecule has 25 heavy (non-hydrogen) atoms. The molecule has 1 saturated heterocycles. The summed E-state index contributed by atoms with van der Waals surface area (Å²) < 4.78 is 12.1. The third-order valence-electron chi connectivity index (χ3n) is 4.53. The summed E-state index contributed by atoms with van der Waals surface area (Å²) in [5.74, 6) is -1.01. The number of aliphatic carboxylic acids is 1. The highest BCUT2D eigenvalue weighted by Crippen LogP contribution is 2.54.